The lowest BCUT2D eigenvalue weighted by Gasteiger charge is -2.06. The minimum atomic E-state index is -0.991. The Morgan fingerprint density at radius 3 is 2.55 bits per heavy atom. The SMILES string of the molecule is C[N+]1=c2ccc(C(=O)Nc3ccc(F)c(F)c3)cc2=C1. The van der Waals surface area contributed by atoms with E-state index in [1.807, 2.05) is 23.9 Å². The number of carbonyl (C=O) groups excluding carboxylic acids is 1. The molecule has 0 aliphatic carbocycles. The number of carbonyl (C=O) groups is 1. The molecule has 1 aliphatic rings. The minimum absolute atomic E-state index is 0.220. The molecule has 0 bridgehead atoms. The quantitative estimate of drug-likeness (QED) is 0.816. The fraction of sp³-hybridized carbons (Fsp3) is 0.0667. The van der Waals surface area contributed by atoms with Crippen molar-refractivity contribution < 1.29 is 13.6 Å². The number of amides is 1. The molecule has 0 atom stereocenters. The summed E-state index contributed by atoms with van der Waals surface area (Å²) in [4.78, 5) is 12.0. The van der Waals surface area contributed by atoms with Crippen molar-refractivity contribution in [3.05, 3.63) is 64.2 Å². The third-order valence-electron chi connectivity index (χ3n) is 3.18. The van der Waals surface area contributed by atoms with Crippen LogP contribution >= 0.6 is 0 Å². The van der Waals surface area contributed by atoms with Crippen LogP contribution in [0.15, 0.2) is 36.4 Å². The number of halogens is 2. The lowest BCUT2D eigenvalue weighted by Crippen LogP contribution is -2.45. The van der Waals surface area contributed by atoms with Crippen molar-refractivity contribution in [2.24, 2.45) is 0 Å². The van der Waals surface area contributed by atoms with E-state index in [1.54, 1.807) is 12.1 Å². The summed E-state index contributed by atoms with van der Waals surface area (Å²) in [5, 5.41) is 4.56. The van der Waals surface area contributed by atoms with Crippen molar-refractivity contribution in [3.63, 3.8) is 0 Å². The summed E-state index contributed by atoms with van der Waals surface area (Å²) < 4.78 is 27.8. The molecule has 1 aliphatic heterocycles. The molecular formula is C15H11F2N2O+. The van der Waals surface area contributed by atoms with Crippen molar-refractivity contribution in [2.45, 2.75) is 0 Å². The van der Waals surface area contributed by atoms with E-state index in [2.05, 4.69) is 5.32 Å². The van der Waals surface area contributed by atoms with Gasteiger partial charge >= 0.3 is 0 Å². The monoisotopic (exact) mass is 273 g/mol. The van der Waals surface area contributed by atoms with Gasteiger partial charge in [-0.15, -0.1) is 0 Å². The van der Waals surface area contributed by atoms with Gasteiger partial charge in [-0.05, 0) is 24.3 Å². The van der Waals surface area contributed by atoms with E-state index in [0.29, 0.717) is 5.56 Å². The lowest BCUT2D eigenvalue weighted by molar-refractivity contribution is 0.102. The Morgan fingerprint density at radius 2 is 1.90 bits per heavy atom. The molecule has 2 aromatic rings. The van der Waals surface area contributed by atoms with E-state index in [1.165, 1.54) is 6.07 Å². The van der Waals surface area contributed by atoms with Crippen molar-refractivity contribution in [3.8, 4) is 0 Å². The largest absolute Gasteiger partial charge is 0.322 e. The highest BCUT2D eigenvalue weighted by Gasteiger charge is 2.14. The predicted molar refractivity (Wildman–Crippen MR) is 71.6 cm³/mol. The summed E-state index contributed by atoms with van der Waals surface area (Å²) in [7, 11) is 1.92. The third-order valence-corrected chi connectivity index (χ3v) is 3.18. The van der Waals surface area contributed by atoms with Gasteiger partial charge in [-0.3, -0.25) is 4.79 Å². The van der Waals surface area contributed by atoms with Gasteiger partial charge in [-0.25, -0.2) is 8.78 Å². The van der Waals surface area contributed by atoms with Crippen LogP contribution in [-0.2, 0) is 0 Å². The number of nitrogens with zero attached hydrogens (tertiary/aromatic N) is 1. The van der Waals surface area contributed by atoms with Gasteiger partial charge in [0.15, 0.2) is 17.8 Å². The van der Waals surface area contributed by atoms with Gasteiger partial charge in [0.05, 0.1) is 0 Å². The molecule has 1 N–H and O–H groups in total. The van der Waals surface area contributed by atoms with Gasteiger partial charge in [0.25, 0.3) is 5.91 Å². The normalized spacial score (nSPS) is 12.2. The Bertz CT molecular complexity index is 843. The highest BCUT2D eigenvalue weighted by Crippen LogP contribution is 2.13. The molecule has 0 aromatic heterocycles. The van der Waals surface area contributed by atoms with Gasteiger partial charge in [0, 0.05) is 23.4 Å². The van der Waals surface area contributed by atoms with Crippen molar-refractivity contribution >= 4 is 17.8 Å². The Hall–Kier alpha value is -2.56. The summed E-state index contributed by atoms with van der Waals surface area (Å²) in [6.45, 7) is 0. The lowest BCUT2D eigenvalue weighted by atomic mass is 10.1. The first-order valence-electron chi connectivity index (χ1n) is 6.03. The van der Waals surface area contributed by atoms with E-state index in [0.717, 1.165) is 22.7 Å². The van der Waals surface area contributed by atoms with Gasteiger partial charge in [0.2, 0.25) is 5.36 Å². The molecular weight excluding hydrogens is 262 g/mol. The maximum atomic E-state index is 13.1. The van der Waals surface area contributed by atoms with Crippen LogP contribution in [0.25, 0.3) is 6.20 Å². The molecule has 0 saturated heterocycles. The number of nitrogens with one attached hydrogen (secondary N) is 1. The third kappa shape index (κ3) is 2.07. The Balaban J connectivity index is 1.85. The second-order valence-corrected chi connectivity index (χ2v) is 4.60. The summed E-state index contributed by atoms with van der Waals surface area (Å²) >= 11 is 0. The molecule has 0 radical (unpaired) electrons. The summed E-state index contributed by atoms with van der Waals surface area (Å²) in [5.74, 6) is -2.29. The first-order chi connectivity index (χ1) is 9.54. The number of anilines is 1. The molecule has 5 heteroatoms. The average molecular weight is 273 g/mol. The van der Waals surface area contributed by atoms with E-state index in [9.17, 15) is 13.6 Å². The average Bonchev–Trinajstić information content (AvgIpc) is 2.41. The maximum absolute atomic E-state index is 13.1. The second-order valence-electron chi connectivity index (χ2n) is 4.60. The molecule has 3 rings (SSSR count). The van der Waals surface area contributed by atoms with Gasteiger partial charge < -0.3 is 5.32 Å². The van der Waals surface area contributed by atoms with E-state index in [-0.39, 0.29) is 11.6 Å². The van der Waals surface area contributed by atoms with Crippen molar-refractivity contribution in [1.29, 1.82) is 0 Å². The van der Waals surface area contributed by atoms with E-state index in [4.69, 9.17) is 0 Å². The second kappa shape index (κ2) is 4.52. The molecule has 0 fully saturated rings. The molecule has 3 nitrogen and oxygen atoms in total. The van der Waals surface area contributed by atoms with Gasteiger partial charge in [-0.2, -0.15) is 4.58 Å². The zero-order valence-corrected chi connectivity index (χ0v) is 10.7. The first-order valence-corrected chi connectivity index (χ1v) is 6.03. The zero-order chi connectivity index (χ0) is 14.3. The molecule has 20 heavy (non-hydrogen) atoms. The van der Waals surface area contributed by atoms with Crippen LogP contribution in [0.2, 0.25) is 0 Å². The minimum Gasteiger partial charge on any atom is -0.322 e. The van der Waals surface area contributed by atoms with Gasteiger partial charge in [0.1, 0.15) is 12.3 Å². The number of benzene rings is 2. The number of rotatable bonds is 2. The molecule has 0 saturated carbocycles. The van der Waals surface area contributed by atoms with Crippen LogP contribution in [0.1, 0.15) is 10.4 Å². The molecule has 1 amide bonds. The Morgan fingerprint density at radius 1 is 1.10 bits per heavy atom. The predicted octanol–water partition coefficient (Wildman–Crippen LogP) is 1.09. The maximum Gasteiger partial charge on any atom is 0.255 e. The molecule has 1 heterocycles. The van der Waals surface area contributed by atoms with E-state index < -0.39 is 11.6 Å². The van der Waals surface area contributed by atoms with Crippen LogP contribution in [0.3, 0.4) is 0 Å². The fourth-order valence-electron chi connectivity index (χ4n) is 2.11. The van der Waals surface area contributed by atoms with Crippen molar-refractivity contribution in [1.82, 2.24) is 4.58 Å². The Kier molecular flexibility index (Phi) is 2.82. The summed E-state index contributed by atoms with van der Waals surface area (Å²) in [5.41, 5.74) is 0.690. The summed E-state index contributed by atoms with van der Waals surface area (Å²) in [6.07, 6.45) is 1.91. The highest BCUT2D eigenvalue weighted by atomic mass is 19.2. The topological polar surface area (TPSA) is 32.1 Å². The molecule has 0 unspecified atom stereocenters. The number of fused-ring (bicyclic) bond motifs is 1. The van der Waals surface area contributed by atoms with Crippen LogP contribution < -0.4 is 20.5 Å². The van der Waals surface area contributed by atoms with Crippen LogP contribution in [0.4, 0.5) is 14.5 Å². The van der Waals surface area contributed by atoms with Gasteiger partial charge in [-0.1, -0.05) is 0 Å². The molecule has 2 aromatic carbocycles. The van der Waals surface area contributed by atoms with Crippen LogP contribution in [0.5, 0.6) is 0 Å². The first kappa shape index (κ1) is 12.5. The van der Waals surface area contributed by atoms with Crippen LogP contribution in [0, 0.1) is 11.6 Å². The molecule has 0 spiro atoms. The summed E-state index contributed by atoms with van der Waals surface area (Å²) in [6, 6.07) is 8.54. The van der Waals surface area contributed by atoms with E-state index >= 15 is 0 Å². The fourth-order valence-corrected chi connectivity index (χ4v) is 2.11. The smallest absolute Gasteiger partial charge is 0.255 e. The number of hydrogen-bond acceptors (Lipinski definition) is 1. The van der Waals surface area contributed by atoms with Crippen LogP contribution in [-0.4, -0.2) is 13.0 Å². The highest BCUT2D eigenvalue weighted by molar-refractivity contribution is 6.04. The molecule has 100 valence electrons. The number of hydrogen-bond donors (Lipinski definition) is 1. The van der Waals surface area contributed by atoms with Crippen molar-refractivity contribution in [2.75, 3.05) is 12.4 Å². The zero-order valence-electron chi connectivity index (χ0n) is 10.7. The standard InChI is InChI=1S/C15H10F2N2O/c1-19-8-10-6-9(2-5-14(10)19)15(20)18-11-3-4-12(16)13(17)7-11/h2-8H,1H3/p+1. The Labute approximate surface area is 113 Å².